The summed E-state index contributed by atoms with van der Waals surface area (Å²) in [6.07, 6.45) is 2.65. The molecule has 0 aromatic heterocycles. The Morgan fingerprint density at radius 3 is 2.83 bits per heavy atom. The number of hydrogen-bond acceptors (Lipinski definition) is 3. The Labute approximate surface area is 72.5 Å². The molecule has 0 aliphatic heterocycles. The topological polar surface area (TPSA) is 72.2 Å². The van der Waals surface area contributed by atoms with Crippen molar-refractivity contribution < 1.29 is 9.59 Å². The minimum absolute atomic E-state index is 0.136. The molecule has 0 radical (unpaired) electrons. The number of nitrogens with two attached hydrogens (primary N) is 1. The van der Waals surface area contributed by atoms with Crippen LogP contribution in [0.4, 0.5) is 0 Å². The highest BCUT2D eigenvalue weighted by atomic mass is 16.2. The van der Waals surface area contributed by atoms with Crippen LogP contribution in [-0.2, 0) is 9.59 Å². The molecule has 0 fully saturated rings. The number of carbonyl (C=O) groups excluding carboxylic acids is 2. The van der Waals surface area contributed by atoms with Gasteiger partial charge in [0.05, 0.1) is 6.04 Å². The summed E-state index contributed by atoms with van der Waals surface area (Å²) in [5, 5.41) is 2.65. The van der Waals surface area contributed by atoms with Crippen molar-refractivity contribution >= 4 is 12.2 Å². The van der Waals surface area contributed by atoms with Gasteiger partial charge in [0.15, 0.2) is 0 Å². The third-order valence-electron chi connectivity index (χ3n) is 1.57. The van der Waals surface area contributed by atoms with Gasteiger partial charge in [0, 0.05) is 13.0 Å². The number of aldehydes is 1. The van der Waals surface area contributed by atoms with Gasteiger partial charge in [0.25, 0.3) is 0 Å². The van der Waals surface area contributed by atoms with Crippen molar-refractivity contribution in [1.29, 1.82) is 0 Å². The fourth-order valence-electron chi connectivity index (χ4n) is 0.713. The first kappa shape index (κ1) is 11.1. The standard InChI is InChI=1S/C8H16N2O2/c1-2-7(9)8(12)10-5-3-4-6-11/h6-7H,2-5,9H2,1H3,(H,10,12)/t7-/m0/s1. The smallest absolute Gasteiger partial charge is 0.236 e. The van der Waals surface area contributed by atoms with Crippen LogP contribution in [0.3, 0.4) is 0 Å². The van der Waals surface area contributed by atoms with E-state index in [2.05, 4.69) is 5.32 Å². The molecule has 70 valence electrons. The molecule has 4 nitrogen and oxygen atoms in total. The van der Waals surface area contributed by atoms with Crippen LogP contribution in [0.2, 0.25) is 0 Å². The highest BCUT2D eigenvalue weighted by Gasteiger charge is 2.08. The van der Waals surface area contributed by atoms with Gasteiger partial charge in [-0.2, -0.15) is 0 Å². The Balaban J connectivity index is 3.37. The van der Waals surface area contributed by atoms with E-state index in [9.17, 15) is 9.59 Å². The molecule has 0 aliphatic rings. The van der Waals surface area contributed by atoms with E-state index in [1.54, 1.807) is 0 Å². The molecule has 12 heavy (non-hydrogen) atoms. The van der Waals surface area contributed by atoms with Gasteiger partial charge in [-0.15, -0.1) is 0 Å². The molecular weight excluding hydrogens is 156 g/mol. The fourth-order valence-corrected chi connectivity index (χ4v) is 0.713. The van der Waals surface area contributed by atoms with Gasteiger partial charge in [-0.25, -0.2) is 0 Å². The molecule has 1 amide bonds. The van der Waals surface area contributed by atoms with Gasteiger partial charge in [0.1, 0.15) is 6.29 Å². The predicted molar refractivity (Wildman–Crippen MR) is 46.6 cm³/mol. The second kappa shape index (κ2) is 6.79. The van der Waals surface area contributed by atoms with E-state index in [0.29, 0.717) is 25.8 Å². The van der Waals surface area contributed by atoms with Gasteiger partial charge in [-0.3, -0.25) is 4.79 Å². The summed E-state index contributed by atoms with van der Waals surface area (Å²) in [6, 6.07) is -0.416. The van der Waals surface area contributed by atoms with Crippen LogP contribution in [0, 0.1) is 0 Å². The zero-order valence-electron chi connectivity index (χ0n) is 7.38. The van der Waals surface area contributed by atoms with Crippen molar-refractivity contribution in [3.8, 4) is 0 Å². The van der Waals surface area contributed by atoms with E-state index < -0.39 is 6.04 Å². The first-order chi connectivity index (χ1) is 5.72. The molecule has 0 heterocycles. The molecule has 4 heteroatoms. The van der Waals surface area contributed by atoms with Crippen molar-refractivity contribution in [2.75, 3.05) is 6.54 Å². The largest absolute Gasteiger partial charge is 0.355 e. The van der Waals surface area contributed by atoms with Gasteiger partial charge < -0.3 is 15.8 Å². The first-order valence-electron chi connectivity index (χ1n) is 4.19. The highest BCUT2D eigenvalue weighted by Crippen LogP contribution is 1.86. The SMILES string of the molecule is CC[C@H](N)C(=O)NCCCC=O. The molecule has 0 bridgehead atoms. The molecule has 0 saturated heterocycles. The number of rotatable bonds is 6. The number of amides is 1. The lowest BCUT2D eigenvalue weighted by Crippen LogP contribution is -2.40. The summed E-state index contributed by atoms with van der Waals surface area (Å²) in [5.41, 5.74) is 5.45. The quantitative estimate of drug-likeness (QED) is 0.431. The van der Waals surface area contributed by atoms with Crippen LogP contribution >= 0.6 is 0 Å². The average Bonchev–Trinajstić information content (AvgIpc) is 2.10. The van der Waals surface area contributed by atoms with Crippen molar-refractivity contribution in [3.63, 3.8) is 0 Å². The van der Waals surface area contributed by atoms with Crippen LogP contribution in [0.1, 0.15) is 26.2 Å². The summed E-state index contributed by atoms with van der Waals surface area (Å²) >= 11 is 0. The lowest BCUT2D eigenvalue weighted by molar-refractivity contribution is -0.122. The van der Waals surface area contributed by atoms with Crippen molar-refractivity contribution in [1.82, 2.24) is 5.32 Å². The average molecular weight is 172 g/mol. The summed E-state index contributed by atoms with van der Waals surface area (Å²) in [4.78, 5) is 20.9. The second-order valence-electron chi connectivity index (χ2n) is 2.61. The van der Waals surface area contributed by atoms with Crippen molar-refractivity contribution in [2.45, 2.75) is 32.2 Å². The van der Waals surface area contributed by atoms with Gasteiger partial charge in [0.2, 0.25) is 5.91 Å². The van der Waals surface area contributed by atoms with Gasteiger partial charge >= 0.3 is 0 Å². The van der Waals surface area contributed by atoms with Crippen LogP contribution < -0.4 is 11.1 Å². The van der Waals surface area contributed by atoms with Crippen LogP contribution in [0.25, 0.3) is 0 Å². The summed E-state index contributed by atoms with van der Waals surface area (Å²) < 4.78 is 0. The van der Waals surface area contributed by atoms with Crippen LogP contribution in [-0.4, -0.2) is 24.8 Å². The fraction of sp³-hybridized carbons (Fsp3) is 0.750. The minimum Gasteiger partial charge on any atom is -0.355 e. The van der Waals surface area contributed by atoms with E-state index >= 15 is 0 Å². The lowest BCUT2D eigenvalue weighted by Gasteiger charge is -2.08. The van der Waals surface area contributed by atoms with Gasteiger partial charge in [-0.1, -0.05) is 6.92 Å². The van der Waals surface area contributed by atoms with Crippen LogP contribution in [0.15, 0.2) is 0 Å². The first-order valence-corrected chi connectivity index (χ1v) is 4.19. The summed E-state index contributed by atoms with van der Waals surface area (Å²) in [6.45, 7) is 2.39. The molecule has 0 saturated carbocycles. The number of unbranched alkanes of at least 4 members (excludes halogenated alkanes) is 1. The molecule has 0 aromatic carbocycles. The normalized spacial score (nSPS) is 12.2. The third kappa shape index (κ3) is 4.85. The second-order valence-corrected chi connectivity index (χ2v) is 2.61. The summed E-state index contributed by atoms with van der Waals surface area (Å²) in [5.74, 6) is -0.136. The number of hydrogen-bond donors (Lipinski definition) is 2. The predicted octanol–water partition coefficient (Wildman–Crippen LogP) is -0.181. The molecule has 0 aromatic rings. The Morgan fingerprint density at radius 1 is 1.67 bits per heavy atom. The Bertz CT molecular complexity index is 148. The zero-order valence-corrected chi connectivity index (χ0v) is 7.38. The molecule has 0 aliphatic carbocycles. The zero-order chi connectivity index (χ0) is 9.40. The molecule has 1 atom stereocenters. The maximum Gasteiger partial charge on any atom is 0.236 e. The Morgan fingerprint density at radius 2 is 2.33 bits per heavy atom. The molecular formula is C8H16N2O2. The molecule has 0 unspecified atom stereocenters. The molecule has 0 rings (SSSR count). The maximum absolute atomic E-state index is 11.0. The molecule has 0 spiro atoms. The van der Waals surface area contributed by atoms with Gasteiger partial charge in [-0.05, 0) is 12.8 Å². The third-order valence-corrected chi connectivity index (χ3v) is 1.57. The maximum atomic E-state index is 11.0. The Hall–Kier alpha value is -0.900. The van der Waals surface area contributed by atoms with E-state index in [0.717, 1.165) is 6.29 Å². The minimum atomic E-state index is -0.416. The van der Waals surface area contributed by atoms with Crippen molar-refractivity contribution in [3.05, 3.63) is 0 Å². The van der Waals surface area contributed by atoms with E-state index in [1.807, 2.05) is 6.92 Å². The van der Waals surface area contributed by atoms with E-state index in [4.69, 9.17) is 5.73 Å². The lowest BCUT2D eigenvalue weighted by atomic mass is 10.2. The van der Waals surface area contributed by atoms with Crippen LogP contribution in [0.5, 0.6) is 0 Å². The highest BCUT2D eigenvalue weighted by molar-refractivity contribution is 5.81. The summed E-state index contributed by atoms with van der Waals surface area (Å²) in [7, 11) is 0. The number of carbonyl (C=O) groups is 2. The number of nitrogens with one attached hydrogen (secondary N) is 1. The van der Waals surface area contributed by atoms with E-state index in [-0.39, 0.29) is 5.91 Å². The Kier molecular flexibility index (Phi) is 6.28. The monoisotopic (exact) mass is 172 g/mol. The van der Waals surface area contributed by atoms with E-state index in [1.165, 1.54) is 0 Å². The van der Waals surface area contributed by atoms with Crippen molar-refractivity contribution in [2.24, 2.45) is 5.73 Å². The molecule has 3 N–H and O–H groups in total.